The quantitative estimate of drug-likeness (QED) is 0.300. The van der Waals surface area contributed by atoms with E-state index >= 15 is 0 Å². The molecule has 1 aromatic heterocycles. The van der Waals surface area contributed by atoms with E-state index in [0.29, 0.717) is 19.1 Å². The third-order valence-corrected chi connectivity index (χ3v) is 5.66. The van der Waals surface area contributed by atoms with E-state index in [1.807, 2.05) is 6.07 Å². The monoisotopic (exact) mass is 433 g/mol. The first kappa shape index (κ1) is 23.6. The zero-order valence-corrected chi connectivity index (χ0v) is 19.6. The number of rotatable bonds is 12. The van der Waals surface area contributed by atoms with Crippen molar-refractivity contribution in [3.8, 4) is 5.75 Å². The average Bonchev–Trinajstić information content (AvgIpc) is 3.13. The minimum absolute atomic E-state index is 0.110. The SMILES string of the molecule is C=CC(=O)NCCCCCc1nc2ccccc2n1CCOc1cc(C)ccc1C(C)C. The molecule has 32 heavy (non-hydrogen) atoms. The van der Waals surface area contributed by atoms with Gasteiger partial charge in [0.1, 0.15) is 18.2 Å². The molecule has 0 saturated carbocycles. The molecule has 170 valence electrons. The van der Waals surface area contributed by atoms with Crippen LogP contribution in [0.5, 0.6) is 5.75 Å². The van der Waals surface area contributed by atoms with Gasteiger partial charge in [-0.1, -0.05) is 51.1 Å². The van der Waals surface area contributed by atoms with Crippen LogP contribution in [0, 0.1) is 6.92 Å². The first-order valence-corrected chi connectivity index (χ1v) is 11.6. The van der Waals surface area contributed by atoms with Crippen molar-refractivity contribution < 1.29 is 9.53 Å². The van der Waals surface area contributed by atoms with Crippen LogP contribution in [0.4, 0.5) is 0 Å². The van der Waals surface area contributed by atoms with E-state index in [2.05, 4.69) is 73.6 Å². The largest absolute Gasteiger partial charge is 0.491 e. The van der Waals surface area contributed by atoms with Gasteiger partial charge in [0, 0.05) is 13.0 Å². The molecule has 2 aromatic carbocycles. The van der Waals surface area contributed by atoms with Crippen molar-refractivity contribution in [3.63, 3.8) is 0 Å². The van der Waals surface area contributed by atoms with Crippen molar-refractivity contribution in [1.82, 2.24) is 14.9 Å². The Balaban J connectivity index is 1.63. The van der Waals surface area contributed by atoms with E-state index in [0.717, 1.165) is 54.8 Å². The molecule has 0 aliphatic carbocycles. The van der Waals surface area contributed by atoms with E-state index in [1.165, 1.54) is 17.2 Å². The van der Waals surface area contributed by atoms with Crippen LogP contribution in [-0.4, -0.2) is 28.6 Å². The Morgan fingerprint density at radius 3 is 2.78 bits per heavy atom. The lowest BCUT2D eigenvalue weighted by Crippen LogP contribution is -2.21. The van der Waals surface area contributed by atoms with Crippen molar-refractivity contribution in [2.45, 2.75) is 58.9 Å². The van der Waals surface area contributed by atoms with Crippen LogP contribution >= 0.6 is 0 Å². The lowest BCUT2D eigenvalue weighted by Gasteiger charge is -2.16. The zero-order chi connectivity index (χ0) is 22.9. The summed E-state index contributed by atoms with van der Waals surface area (Å²) in [6.07, 6.45) is 5.24. The number of amides is 1. The summed E-state index contributed by atoms with van der Waals surface area (Å²) in [5.74, 6) is 2.39. The highest BCUT2D eigenvalue weighted by atomic mass is 16.5. The number of hydrogen-bond acceptors (Lipinski definition) is 3. The number of imidazole rings is 1. The van der Waals surface area contributed by atoms with E-state index in [9.17, 15) is 4.79 Å². The Labute approximate surface area is 191 Å². The molecule has 1 amide bonds. The van der Waals surface area contributed by atoms with Crippen molar-refractivity contribution in [2.24, 2.45) is 0 Å². The van der Waals surface area contributed by atoms with Crippen molar-refractivity contribution in [3.05, 3.63) is 72.1 Å². The summed E-state index contributed by atoms with van der Waals surface area (Å²) in [6.45, 7) is 12.0. The van der Waals surface area contributed by atoms with Gasteiger partial charge in [0.2, 0.25) is 5.91 Å². The van der Waals surface area contributed by atoms with Gasteiger partial charge in [0.25, 0.3) is 0 Å². The molecule has 3 rings (SSSR count). The molecule has 0 saturated heterocycles. The Morgan fingerprint density at radius 1 is 1.19 bits per heavy atom. The zero-order valence-electron chi connectivity index (χ0n) is 19.6. The average molecular weight is 434 g/mol. The number of nitrogens with one attached hydrogen (secondary N) is 1. The van der Waals surface area contributed by atoms with E-state index in [1.54, 1.807) is 0 Å². The highest BCUT2D eigenvalue weighted by molar-refractivity contribution is 5.86. The summed E-state index contributed by atoms with van der Waals surface area (Å²) in [4.78, 5) is 16.1. The normalized spacial score (nSPS) is 11.1. The maximum absolute atomic E-state index is 11.2. The number of nitrogens with zero attached hydrogens (tertiary/aromatic N) is 2. The third-order valence-electron chi connectivity index (χ3n) is 5.66. The predicted molar refractivity (Wildman–Crippen MR) is 131 cm³/mol. The molecule has 0 spiro atoms. The number of aryl methyl sites for hydroxylation is 2. The number of carbonyl (C=O) groups is 1. The molecular weight excluding hydrogens is 398 g/mol. The fourth-order valence-electron chi connectivity index (χ4n) is 3.92. The number of aromatic nitrogens is 2. The second-order valence-corrected chi connectivity index (χ2v) is 8.52. The second kappa shape index (κ2) is 11.5. The van der Waals surface area contributed by atoms with Gasteiger partial charge in [-0.2, -0.15) is 0 Å². The number of fused-ring (bicyclic) bond motifs is 1. The lowest BCUT2D eigenvalue weighted by atomic mass is 10.0. The summed E-state index contributed by atoms with van der Waals surface area (Å²) in [6, 6.07) is 14.7. The van der Waals surface area contributed by atoms with Crippen LogP contribution in [0.2, 0.25) is 0 Å². The molecule has 5 nitrogen and oxygen atoms in total. The molecule has 0 bridgehead atoms. The molecule has 0 atom stereocenters. The molecule has 0 unspecified atom stereocenters. The number of para-hydroxylation sites is 2. The first-order valence-electron chi connectivity index (χ1n) is 11.6. The maximum atomic E-state index is 11.2. The molecule has 0 radical (unpaired) electrons. The van der Waals surface area contributed by atoms with Crippen LogP contribution in [0.1, 0.15) is 56.0 Å². The lowest BCUT2D eigenvalue weighted by molar-refractivity contribution is -0.116. The maximum Gasteiger partial charge on any atom is 0.243 e. The van der Waals surface area contributed by atoms with E-state index in [-0.39, 0.29) is 5.91 Å². The summed E-state index contributed by atoms with van der Waals surface area (Å²) < 4.78 is 8.54. The Hall–Kier alpha value is -3.08. The van der Waals surface area contributed by atoms with Gasteiger partial charge in [0.05, 0.1) is 17.6 Å². The van der Waals surface area contributed by atoms with Gasteiger partial charge < -0.3 is 14.6 Å². The number of benzene rings is 2. The highest BCUT2D eigenvalue weighted by Crippen LogP contribution is 2.27. The molecule has 0 fully saturated rings. The predicted octanol–water partition coefficient (Wildman–Crippen LogP) is 5.56. The van der Waals surface area contributed by atoms with Crippen molar-refractivity contribution in [1.29, 1.82) is 0 Å². The molecule has 3 aromatic rings. The van der Waals surface area contributed by atoms with Crippen LogP contribution < -0.4 is 10.1 Å². The minimum atomic E-state index is -0.110. The molecule has 0 aliphatic rings. The fraction of sp³-hybridized carbons (Fsp3) is 0.407. The molecule has 0 aliphatic heterocycles. The molecule has 5 heteroatoms. The van der Waals surface area contributed by atoms with Crippen molar-refractivity contribution in [2.75, 3.05) is 13.2 Å². The van der Waals surface area contributed by atoms with Gasteiger partial charge in [-0.3, -0.25) is 4.79 Å². The standard InChI is InChI=1S/C27H35N3O2/c1-5-27(31)28-16-10-6-7-13-26-29-23-11-8-9-12-24(23)30(26)17-18-32-25-19-21(4)14-15-22(25)20(2)3/h5,8-9,11-12,14-15,19-20H,1,6-7,10,13,16-18H2,2-4H3,(H,28,31). The molecule has 1 N–H and O–H groups in total. The first-order chi connectivity index (χ1) is 15.5. The summed E-state index contributed by atoms with van der Waals surface area (Å²) in [5, 5.41) is 2.83. The minimum Gasteiger partial charge on any atom is -0.491 e. The number of carbonyl (C=O) groups excluding carboxylic acids is 1. The van der Waals surface area contributed by atoms with Crippen LogP contribution in [0.3, 0.4) is 0 Å². The summed E-state index contributed by atoms with van der Waals surface area (Å²) >= 11 is 0. The van der Waals surface area contributed by atoms with Gasteiger partial charge >= 0.3 is 0 Å². The van der Waals surface area contributed by atoms with Crippen LogP contribution in [0.25, 0.3) is 11.0 Å². The van der Waals surface area contributed by atoms with E-state index < -0.39 is 0 Å². The van der Waals surface area contributed by atoms with Gasteiger partial charge in [0.15, 0.2) is 0 Å². The van der Waals surface area contributed by atoms with Crippen molar-refractivity contribution >= 4 is 16.9 Å². The Kier molecular flexibility index (Phi) is 8.48. The number of unbranched alkanes of at least 4 members (excludes halogenated alkanes) is 2. The summed E-state index contributed by atoms with van der Waals surface area (Å²) in [5.41, 5.74) is 4.63. The van der Waals surface area contributed by atoms with E-state index in [4.69, 9.17) is 9.72 Å². The second-order valence-electron chi connectivity index (χ2n) is 8.52. The van der Waals surface area contributed by atoms with Crippen LogP contribution in [0.15, 0.2) is 55.1 Å². The van der Waals surface area contributed by atoms with Gasteiger partial charge in [-0.05, 0) is 61.1 Å². The third kappa shape index (κ3) is 6.22. The van der Waals surface area contributed by atoms with Gasteiger partial charge in [-0.15, -0.1) is 0 Å². The molecular formula is C27H35N3O2. The van der Waals surface area contributed by atoms with Crippen LogP contribution in [-0.2, 0) is 17.8 Å². The number of ether oxygens (including phenoxy) is 1. The Morgan fingerprint density at radius 2 is 2.00 bits per heavy atom. The Bertz CT molecular complexity index is 1050. The summed E-state index contributed by atoms with van der Waals surface area (Å²) in [7, 11) is 0. The van der Waals surface area contributed by atoms with Gasteiger partial charge in [-0.25, -0.2) is 4.98 Å². The smallest absolute Gasteiger partial charge is 0.243 e. The molecule has 1 heterocycles. The highest BCUT2D eigenvalue weighted by Gasteiger charge is 2.12. The topological polar surface area (TPSA) is 56.2 Å². The fourth-order valence-corrected chi connectivity index (χ4v) is 3.92. The number of hydrogen-bond donors (Lipinski definition) is 1.